The summed E-state index contributed by atoms with van der Waals surface area (Å²) >= 11 is 2.20. The predicted octanol–water partition coefficient (Wildman–Crippen LogP) is 8.78. The molecule has 0 aromatic carbocycles. The van der Waals surface area contributed by atoms with Gasteiger partial charge in [-0.25, -0.2) is 0 Å². The van der Waals surface area contributed by atoms with Gasteiger partial charge in [-0.15, -0.1) is 0 Å². The Kier molecular flexibility index (Phi) is 22.7. The first-order chi connectivity index (χ1) is 11.4. The molecule has 23 heavy (non-hydrogen) atoms. The number of hydrogen-bond acceptors (Lipinski definition) is 1. The van der Waals surface area contributed by atoms with Crippen LogP contribution in [0, 0.1) is 0 Å². The third-order valence-corrected chi connectivity index (χ3v) is 5.94. The highest BCUT2D eigenvalue weighted by atomic mass is 32.2. The van der Waals surface area contributed by atoms with Gasteiger partial charge in [0.25, 0.3) is 0 Å². The summed E-state index contributed by atoms with van der Waals surface area (Å²) in [5.74, 6) is 2.82. The van der Waals surface area contributed by atoms with Gasteiger partial charge in [-0.1, -0.05) is 117 Å². The molecule has 0 rings (SSSR count). The highest BCUT2D eigenvalue weighted by molar-refractivity contribution is 7.99. The number of thioether (sulfide) groups is 1. The van der Waals surface area contributed by atoms with Crippen LogP contribution in [-0.4, -0.2) is 11.5 Å². The van der Waals surface area contributed by atoms with Crippen LogP contribution in [0.2, 0.25) is 0 Å². The van der Waals surface area contributed by atoms with Crippen molar-refractivity contribution in [1.29, 1.82) is 0 Å². The largest absolute Gasteiger partial charge is 0.162 e. The molecule has 0 amide bonds. The van der Waals surface area contributed by atoms with E-state index in [1.807, 2.05) is 0 Å². The van der Waals surface area contributed by atoms with E-state index in [0.717, 1.165) is 0 Å². The van der Waals surface area contributed by atoms with Gasteiger partial charge in [0.05, 0.1) is 0 Å². The molecule has 0 saturated heterocycles. The molecule has 0 spiro atoms. The van der Waals surface area contributed by atoms with Crippen LogP contribution in [0.4, 0.5) is 0 Å². The molecule has 0 heterocycles. The first-order valence-corrected chi connectivity index (χ1v) is 12.1. The van der Waals surface area contributed by atoms with Gasteiger partial charge < -0.3 is 0 Å². The Morgan fingerprint density at radius 2 is 0.609 bits per heavy atom. The summed E-state index contributed by atoms with van der Waals surface area (Å²) in [4.78, 5) is 0. The molecule has 0 fully saturated rings. The Morgan fingerprint density at radius 1 is 0.348 bits per heavy atom. The molecule has 0 radical (unpaired) electrons. The molecule has 0 aliphatic rings. The van der Waals surface area contributed by atoms with Crippen LogP contribution >= 0.6 is 11.8 Å². The molecule has 0 aromatic rings. The zero-order valence-electron chi connectivity index (χ0n) is 16.6. The third kappa shape index (κ3) is 22.4. The summed E-state index contributed by atoms with van der Waals surface area (Å²) in [6.07, 6.45) is 26.2. The quantitative estimate of drug-likeness (QED) is 0.199. The Labute approximate surface area is 153 Å². The Morgan fingerprint density at radius 3 is 0.913 bits per heavy atom. The van der Waals surface area contributed by atoms with Crippen molar-refractivity contribution in [2.24, 2.45) is 0 Å². The highest BCUT2D eigenvalue weighted by Crippen LogP contribution is 2.14. The maximum atomic E-state index is 2.30. The average Bonchev–Trinajstić information content (AvgIpc) is 2.57. The van der Waals surface area contributed by atoms with Gasteiger partial charge >= 0.3 is 0 Å². The third-order valence-electron chi connectivity index (χ3n) is 4.78. The standard InChI is InChI=1S/C22H46S/c1-3-5-7-9-11-12-13-14-15-16-18-20-22-23-21-19-17-10-8-6-4-2/h3-22H2,1-2H3. The molecule has 0 aliphatic carbocycles. The minimum absolute atomic E-state index is 1.37. The summed E-state index contributed by atoms with van der Waals surface area (Å²) < 4.78 is 0. The van der Waals surface area contributed by atoms with E-state index >= 15 is 0 Å². The Balaban J connectivity index is 2.92. The monoisotopic (exact) mass is 342 g/mol. The van der Waals surface area contributed by atoms with E-state index in [0.29, 0.717) is 0 Å². The molecule has 0 bridgehead atoms. The van der Waals surface area contributed by atoms with E-state index in [2.05, 4.69) is 25.6 Å². The van der Waals surface area contributed by atoms with Gasteiger partial charge in [0.2, 0.25) is 0 Å². The lowest BCUT2D eigenvalue weighted by Gasteiger charge is -2.04. The van der Waals surface area contributed by atoms with Crippen LogP contribution in [0.5, 0.6) is 0 Å². The minimum atomic E-state index is 1.37. The Bertz CT molecular complexity index is 170. The lowest BCUT2D eigenvalue weighted by Crippen LogP contribution is -1.87. The Hall–Kier alpha value is 0.350. The predicted molar refractivity (Wildman–Crippen MR) is 112 cm³/mol. The van der Waals surface area contributed by atoms with Crippen molar-refractivity contribution in [1.82, 2.24) is 0 Å². The lowest BCUT2D eigenvalue weighted by molar-refractivity contribution is 0.548. The molecular formula is C22H46S. The minimum Gasteiger partial charge on any atom is -0.162 e. The van der Waals surface area contributed by atoms with Gasteiger partial charge in [0.15, 0.2) is 0 Å². The van der Waals surface area contributed by atoms with Crippen LogP contribution in [0.15, 0.2) is 0 Å². The van der Waals surface area contributed by atoms with E-state index in [4.69, 9.17) is 0 Å². The molecule has 140 valence electrons. The van der Waals surface area contributed by atoms with Crippen LogP contribution in [0.1, 0.15) is 129 Å². The summed E-state index contributed by atoms with van der Waals surface area (Å²) in [6, 6.07) is 0. The fraction of sp³-hybridized carbons (Fsp3) is 1.00. The van der Waals surface area contributed by atoms with Crippen molar-refractivity contribution in [3.63, 3.8) is 0 Å². The average molecular weight is 343 g/mol. The summed E-state index contributed by atoms with van der Waals surface area (Å²) in [5.41, 5.74) is 0. The number of hydrogen-bond donors (Lipinski definition) is 0. The van der Waals surface area contributed by atoms with E-state index in [9.17, 15) is 0 Å². The van der Waals surface area contributed by atoms with Gasteiger partial charge in [-0.05, 0) is 24.3 Å². The zero-order chi connectivity index (χ0) is 16.8. The van der Waals surface area contributed by atoms with Crippen molar-refractivity contribution >= 4 is 11.8 Å². The van der Waals surface area contributed by atoms with E-state index in [1.165, 1.54) is 127 Å². The molecule has 1 heteroatoms. The lowest BCUT2D eigenvalue weighted by atomic mass is 10.1. The van der Waals surface area contributed by atoms with Crippen LogP contribution in [0.3, 0.4) is 0 Å². The maximum Gasteiger partial charge on any atom is -0.00675 e. The normalized spacial score (nSPS) is 11.2. The second-order valence-electron chi connectivity index (χ2n) is 7.27. The topological polar surface area (TPSA) is 0 Å². The van der Waals surface area contributed by atoms with Crippen molar-refractivity contribution < 1.29 is 0 Å². The first-order valence-electron chi connectivity index (χ1n) is 11.0. The van der Waals surface area contributed by atoms with Gasteiger partial charge in [0.1, 0.15) is 0 Å². The second-order valence-corrected chi connectivity index (χ2v) is 8.49. The van der Waals surface area contributed by atoms with Gasteiger partial charge in [-0.3, -0.25) is 0 Å². The molecule has 0 N–H and O–H groups in total. The smallest absolute Gasteiger partial charge is 0.00675 e. The fourth-order valence-electron chi connectivity index (χ4n) is 3.13. The molecule has 0 aromatic heterocycles. The van der Waals surface area contributed by atoms with Gasteiger partial charge in [-0.2, -0.15) is 11.8 Å². The van der Waals surface area contributed by atoms with Crippen molar-refractivity contribution in [3.05, 3.63) is 0 Å². The summed E-state index contributed by atoms with van der Waals surface area (Å²) in [7, 11) is 0. The molecular weight excluding hydrogens is 296 g/mol. The molecule has 0 atom stereocenters. The van der Waals surface area contributed by atoms with Crippen molar-refractivity contribution in [3.8, 4) is 0 Å². The fourth-order valence-corrected chi connectivity index (χ4v) is 4.15. The van der Waals surface area contributed by atoms with Crippen molar-refractivity contribution in [2.75, 3.05) is 11.5 Å². The van der Waals surface area contributed by atoms with Crippen molar-refractivity contribution in [2.45, 2.75) is 129 Å². The van der Waals surface area contributed by atoms with E-state index in [-0.39, 0.29) is 0 Å². The SMILES string of the molecule is CCCCCCCCCCCCCCSCCCCCCCC. The van der Waals surface area contributed by atoms with Crippen LogP contribution < -0.4 is 0 Å². The van der Waals surface area contributed by atoms with E-state index < -0.39 is 0 Å². The molecule has 0 aliphatic heterocycles. The molecule has 0 saturated carbocycles. The first kappa shape index (κ1) is 23.4. The number of unbranched alkanes of at least 4 members (excludes halogenated alkanes) is 16. The maximum absolute atomic E-state index is 2.30. The molecule has 0 unspecified atom stereocenters. The highest BCUT2D eigenvalue weighted by Gasteiger charge is 1.95. The van der Waals surface area contributed by atoms with Crippen LogP contribution in [-0.2, 0) is 0 Å². The second kappa shape index (κ2) is 22.4. The summed E-state index contributed by atoms with van der Waals surface area (Å²) in [5, 5.41) is 0. The molecule has 0 nitrogen and oxygen atoms in total. The van der Waals surface area contributed by atoms with Crippen LogP contribution in [0.25, 0.3) is 0 Å². The number of rotatable bonds is 20. The van der Waals surface area contributed by atoms with E-state index in [1.54, 1.807) is 0 Å². The summed E-state index contributed by atoms with van der Waals surface area (Å²) in [6.45, 7) is 4.59. The zero-order valence-corrected chi connectivity index (χ0v) is 17.4. The van der Waals surface area contributed by atoms with Gasteiger partial charge in [0, 0.05) is 0 Å².